The highest BCUT2D eigenvalue weighted by atomic mass is 32.1. The molecule has 0 spiro atoms. The smallest absolute Gasteiger partial charge is 0.218 e. The van der Waals surface area contributed by atoms with Crippen molar-refractivity contribution in [3.05, 3.63) is 71.9 Å². The van der Waals surface area contributed by atoms with Gasteiger partial charge in [0.15, 0.2) is 0 Å². The second kappa shape index (κ2) is 10.3. The highest BCUT2D eigenvalue weighted by Gasteiger charge is 2.11. The SMILES string of the molecule is Cc1ccc(C)c2nsnc12.Cc1ccc(C)s1.[C-]#[N+]c1c(C)sc(C)c1C#N. The van der Waals surface area contributed by atoms with E-state index in [-0.39, 0.29) is 0 Å². The van der Waals surface area contributed by atoms with Crippen LogP contribution in [0.25, 0.3) is 15.9 Å². The summed E-state index contributed by atoms with van der Waals surface area (Å²) in [5, 5.41) is 8.66. The normalized spacial score (nSPS) is 9.66. The van der Waals surface area contributed by atoms with Gasteiger partial charge in [-0.1, -0.05) is 12.1 Å². The van der Waals surface area contributed by atoms with Crippen molar-refractivity contribution in [2.75, 3.05) is 0 Å². The summed E-state index contributed by atoms with van der Waals surface area (Å²) in [5.74, 6) is 0. The van der Waals surface area contributed by atoms with Crippen LogP contribution < -0.4 is 0 Å². The van der Waals surface area contributed by atoms with E-state index in [0.717, 1.165) is 20.8 Å². The first-order valence-corrected chi connectivity index (χ1v) is 11.2. The molecular formula is C22H22N4S3. The van der Waals surface area contributed by atoms with Gasteiger partial charge in [-0.2, -0.15) is 25.3 Å². The highest BCUT2D eigenvalue weighted by molar-refractivity contribution is 7.12. The molecule has 0 N–H and O–H groups in total. The number of rotatable bonds is 0. The third-order valence-electron chi connectivity index (χ3n) is 4.15. The van der Waals surface area contributed by atoms with E-state index in [1.807, 2.05) is 31.3 Å². The lowest BCUT2D eigenvalue weighted by atomic mass is 10.1. The van der Waals surface area contributed by atoms with Gasteiger partial charge < -0.3 is 0 Å². The quantitative estimate of drug-likeness (QED) is 0.268. The summed E-state index contributed by atoms with van der Waals surface area (Å²) < 4.78 is 8.42. The van der Waals surface area contributed by atoms with E-state index in [1.54, 1.807) is 0 Å². The van der Waals surface area contributed by atoms with Crippen LogP contribution in [0.4, 0.5) is 5.69 Å². The standard InChI is InChI=1S/C8H8N2S.C8H6N2S.C6H8S/c1-5-3-4-6(2)8-7(5)9-11-10-8;1-5-7(4-9)8(10-3)6(2)11-5;1-5-3-4-6(2)7-5/h3-4H,1-2H3;1-2H3;3-4H,1-2H3. The van der Waals surface area contributed by atoms with Gasteiger partial charge in [0.25, 0.3) is 0 Å². The van der Waals surface area contributed by atoms with Gasteiger partial charge in [-0.15, -0.1) is 11.3 Å². The molecule has 4 rings (SSSR count). The minimum Gasteiger partial charge on any atom is -0.236 e. The first-order chi connectivity index (χ1) is 13.8. The Bertz CT molecular complexity index is 1110. The van der Waals surface area contributed by atoms with Crippen LogP contribution in [-0.4, -0.2) is 8.75 Å². The number of benzene rings is 1. The maximum atomic E-state index is 8.66. The van der Waals surface area contributed by atoms with Gasteiger partial charge in [0, 0.05) is 19.5 Å². The number of fused-ring (bicyclic) bond motifs is 1. The summed E-state index contributed by atoms with van der Waals surface area (Å²) >= 11 is 4.63. The largest absolute Gasteiger partial charge is 0.236 e. The molecule has 148 valence electrons. The monoisotopic (exact) mass is 438 g/mol. The number of hydrogen-bond donors (Lipinski definition) is 0. The van der Waals surface area contributed by atoms with Gasteiger partial charge in [0.2, 0.25) is 5.69 Å². The molecule has 29 heavy (non-hydrogen) atoms. The van der Waals surface area contributed by atoms with Crippen molar-refractivity contribution < 1.29 is 0 Å². The number of aryl methyl sites for hydroxylation is 6. The summed E-state index contributed by atoms with van der Waals surface area (Å²) in [6, 6.07) is 10.5. The second-order valence-corrected chi connectivity index (χ2v) is 9.93. The molecule has 0 bridgehead atoms. The summed E-state index contributed by atoms with van der Waals surface area (Å²) in [6.45, 7) is 18.9. The average Bonchev–Trinajstić information content (AvgIpc) is 3.38. The maximum Gasteiger partial charge on any atom is 0.218 e. The summed E-state index contributed by atoms with van der Waals surface area (Å²) in [7, 11) is 0. The van der Waals surface area contributed by atoms with E-state index in [1.165, 1.54) is 43.9 Å². The predicted octanol–water partition coefficient (Wildman–Crippen LogP) is 7.46. The fourth-order valence-corrected chi connectivity index (χ4v) is 5.00. The van der Waals surface area contributed by atoms with E-state index < -0.39 is 0 Å². The van der Waals surface area contributed by atoms with E-state index in [2.05, 4.69) is 65.6 Å². The first kappa shape index (κ1) is 22.7. The second-order valence-electron chi connectivity index (χ2n) is 6.48. The minimum absolute atomic E-state index is 0.523. The Kier molecular flexibility index (Phi) is 8.04. The van der Waals surface area contributed by atoms with Crippen LogP contribution in [0, 0.1) is 59.4 Å². The Labute approximate surface area is 184 Å². The van der Waals surface area contributed by atoms with Crippen molar-refractivity contribution in [3.63, 3.8) is 0 Å². The van der Waals surface area contributed by atoms with Gasteiger partial charge in [-0.25, -0.2) is 4.85 Å². The Hall–Kier alpha value is -2.58. The molecule has 3 aromatic heterocycles. The van der Waals surface area contributed by atoms with E-state index in [4.69, 9.17) is 11.8 Å². The lowest BCUT2D eigenvalue weighted by Gasteiger charge is -1.94. The molecule has 0 fully saturated rings. The number of aromatic nitrogens is 2. The molecule has 0 saturated heterocycles. The third-order valence-corrected chi connectivity index (χ3v) is 6.60. The van der Waals surface area contributed by atoms with Gasteiger partial charge in [0.1, 0.15) is 11.0 Å². The van der Waals surface area contributed by atoms with E-state index in [9.17, 15) is 0 Å². The molecule has 0 radical (unpaired) electrons. The predicted molar refractivity (Wildman–Crippen MR) is 125 cm³/mol. The molecule has 3 heterocycles. The summed E-state index contributed by atoms with van der Waals surface area (Å²) in [6.07, 6.45) is 0. The number of hydrogen-bond acceptors (Lipinski definition) is 6. The van der Waals surface area contributed by atoms with Crippen LogP contribution in [0.2, 0.25) is 0 Å². The zero-order chi connectivity index (χ0) is 21.6. The molecule has 4 aromatic rings. The fourth-order valence-electron chi connectivity index (χ4n) is 2.61. The third kappa shape index (κ3) is 5.71. The molecule has 1 aromatic carbocycles. The Morgan fingerprint density at radius 1 is 0.828 bits per heavy atom. The summed E-state index contributed by atoms with van der Waals surface area (Å²) in [4.78, 5) is 7.98. The molecule has 0 unspecified atom stereocenters. The van der Waals surface area contributed by atoms with Crippen molar-refractivity contribution >= 4 is 51.1 Å². The van der Waals surface area contributed by atoms with Crippen LogP contribution in [0.15, 0.2) is 24.3 Å². The van der Waals surface area contributed by atoms with Crippen molar-refractivity contribution in [3.8, 4) is 6.07 Å². The fraction of sp³-hybridized carbons (Fsp3) is 0.273. The van der Waals surface area contributed by atoms with Crippen LogP contribution in [0.3, 0.4) is 0 Å². The van der Waals surface area contributed by atoms with Crippen molar-refractivity contribution in [2.24, 2.45) is 0 Å². The molecule has 4 nitrogen and oxygen atoms in total. The van der Waals surface area contributed by atoms with Gasteiger partial charge >= 0.3 is 0 Å². The first-order valence-electron chi connectivity index (χ1n) is 8.87. The number of nitriles is 1. The van der Waals surface area contributed by atoms with Crippen molar-refractivity contribution in [1.29, 1.82) is 5.26 Å². The molecule has 7 heteroatoms. The van der Waals surface area contributed by atoms with Crippen LogP contribution in [-0.2, 0) is 0 Å². The molecule has 0 atom stereocenters. The number of nitrogens with zero attached hydrogens (tertiary/aromatic N) is 4. The van der Waals surface area contributed by atoms with Crippen LogP contribution in [0.1, 0.15) is 36.2 Å². The van der Waals surface area contributed by atoms with Gasteiger partial charge in [-0.3, -0.25) is 0 Å². The lowest BCUT2D eigenvalue weighted by molar-refractivity contribution is 1.42. The Morgan fingerprint density at radius 2 is 1.34 bits per heavy atom. The van der Waals surface area contributed by atoms with Crippen molar-refractivity contribution in [1.82, 2.24) is 8.75 Å². The zero-order valence-electron chi connectivity index (χ0n) is 17.3. The zero-order valence-corrected chi connectivity index (χ0v) is 19.8. The molecule has 0 saturated carbocycles. The highest BCUT2D eigenvalue weighted by Crippen LogP contribution is 2.33. The average molecular weight is 439 g/mol. The van der Waals surface area contributed by atoms with E-state index in [0.29, 0.717) is 11.3 Å². The van der Waals surface area contributed by atoms with Crippen LogP contribution >= 0.6 is 34.4 Å². The maximum absolute atomic E-state index is 8.66. The summed E-state index contributed by atoms with van der Waals surface area (Å²) in [5.41, 5.74) is 5.58. The molecule has 0 aliphatic rings. The minimum atomic E-state index is 0.523. The molecular weight excluding hydrogens is 416 g/mol. The van der Waals surface area contributed by atoms with Gasteiger partial charge in [0.05, 0.1) is 29.9 Å². The molecule has 0 amide bonds. The topological polar surface area (TPSA) is 53.9 Å². The van der Waals surface area contributed by atoms with Crippen molar-refractivity contribution in [2.45, 2.75) is 41.5 Å². The lowest BCUT2D eigenvalue weighted by Crippen LogP contribution is -1.79. The number of thiophene rings is 2. The molecule has 0 aliphatic heterocycles. The Morgan fingerprint density at radius 3 is 1.69 bits per heavy atom. The van der Waals surface area contributed by atoms with Gasteiger partial charge in [-0.05, 0) is 64.8 Å². The van der Waals surface area contributed by atoms with E-state index >= 15 is 0 Å². The molecule has 0 aliphatic carbocycles. The van der Waals surface area contributed by atoms with Crippen LogP contribution in [0.5, 0.6) is 0 Å². The Balaban J connectivity index is 0.000000160.